The lowest BCUT2D eigenvalue weighted by atomic mass is 9.87. The van der Waals surface area contributed by atoms with E-state index < -0.39 is 0 Å². The zero-order chi connectivity index (χ0) is 22.5. The number of esters is 2. The minimum Gasteiger partial charge on any atom is -0.466 e. The Morgan fingerprint density at radius 1 is 0.633 bits per heavy atom. The second-order valence-corrected chi connectivity index (χ2v) is 9.08. The van der Waals surface area contributed by atoms with Crippen LogP contribution in [-0.4, -0.2) is 25.2 Å². The van der Waals surface area contributed by atoms with E-state index in [4.69, 9.17) is 9.47 Å². The average Bonchev–Trinajstić information content (AvgIpc) is 2.71. The van der Waals surface area contributed by atoms with Crippen LogP contribution >= 0.6 is 0 Å². The Morgan fingerprint density at radius 2 is 1.10 bits per heavy atom. The lowest BCUT2D eigenvalue weighted by Crippen LogP contribution is -2.16. The number of ether oxygens (including phenoxy) is 2. The predicted molar refractivity (Wildman–Crippen MR) is 125 cm³/mol. The van der Waals surface area contributed by atoms with Gasteiger partial charge in [0.2, 0.25) is 0 Å². The van der Waals surface area contributed by atoms with Crippen LogP contribution in [0.25, 0.3) is 0 Å². The van der Waals surface area contributed by atoms with Crippen molar-refractivity contribution in [3.8, 4) is 0 Å². The van der Waals surface area contributed by atoms with Gasteiger partial charge in [0.15, 0.2) is 0 Å². The summed E-state index contributed by atoms with van der Waals surface area (Å²) < 4.78 is 10.5. The van der Waals surface area contributed by atoms with Crippen molar-refractivity contribution >= 4 is 11.9 Å². The van der Waals surface area contributed by atoms with Crippen molar-refractivity contribution in [3.05, 3.63) is 0 Å². The van der Waals surface area contributed by atoms with E-state index in [0.717, 1.165) is 44.9 Å². The topological polar surface area (TPSA) is 52.6 Å². The molecule has 0 heterocycles. The van der Waals surface area contributed by atoms with Gasteiger partial charge in [-0.1, -0.05) is 91.9 Å². The Hall–Kier alpha value is -1.06. The van der Waals surface area contributed by atoms with Gasteiger partial charge in [0.05, 0.1) is 13.2 Å². The molecule has 0 aromatic carbocycles. The number of carbonyl (C=O) groups is 2. The summed E-state index contributed by atoms with van der Waals surface area (Å²) in [6.07, 6.45) is 17.3. The van der Waals surface area contributed by atoms with Crippen LogP contribution in [0, 0.1) is 11.8 Å². The minimum absolute atomic E-state index is 0.0172. The first-order valence-corrected chi connectivity index (χ1v) is 12.8. The third-order valence-electron chi connectivity index (χ3n) is 5.85. The summed E-state index contributed by atoms with van der Waals surface area (Å²) in [4.78, 5) is 23.5. The molecule has 0 aliphatic heterocycles. The molecule has 4 nitrogen and oxygen atoms in total. The highest BCUT2D eigenvalue weighted by Gasteiger charge is 2.18. The van der Waals surface area contributed by atoms with E-state index in [1.165, 1.54) is 44.9 Å². The van der Waals surface area contributed by atoms with E-state index >= 15 is 0 Å². The molecular weight excluding hydrogens is 376 g/mol. The quantitative estimate of drug-likeness (QED) is 0.140. The molecule has 0 rings (SSSR count). The molecule has 1 atom stereocenters. The molecule has 0 N–H and O–H groups in total. The molecule has 0 aromatic heterocycles. The Balaban J connectivity index is 3.55. The fraction of sp³-hybridized carbons (Fsp3) is 0.923. The van der Waals surface area contributed by atoms with E-state index in [2.05, 4.69) is 27.7 Å². The maximum absolute atomic E-state index is 12.0. The Kier molecular flexibility index (Phi) is 20.4. The van der Waals surface area contributed by atoms with Crippen LogP contribution in [-0.2, 0) is 19.1 Å². The third-order valence-corrected chi connectivity index (χ3v) is 5.85. The van der Waals surface area contributed by atoms with Gasteiger partial charge in [-0.05, 0) is 37.5 Å². The first kappa shape index (κ1) is 28.9. The van der Waals surface area contributed by atoms with E-state index in [1.807, 2.05) is 0 Å². The second kappa shape index (κ2) is 21.2. The molecule has 0 saturated carbocycles. The van der Waals surface area contributed by atoms with Crippen molar-refractivity contribution in [2.45, 2.75) is 130 Å². The average molecular weight is 427 g/mol. The van der Waals surface area contributed by atoms with Gasteiger partial charge in [-0.15, -0.1) is 0 Å². The largest absolute Gasteiger partial charge is 0.466 e. The van der Waals surface area contributed by atoms with Crippen molar-refractivity contribution in [1.82, 2.24) is 0 Å². The summed E-state index contributed by atoms with van der Waals surface area (Å²) in [6, 6.07) is 0. The summed E-state index contributed by atoms with van der Waals surface area (Å²) in [5.74, 6) is 0.939. The van der Waals surface area contributed by atoms with Gasteiger partial charge in [0.1, 0.15) is 0 Å². The zero-order valence-electron chi connectivity index (χ0n) is 20.5. The molecule has 0 spiro atoms. The SMILES string of the molecule is CCCCOC(=O)CCCCCCCCCCCC(CC(=O)OCCCC)C(C)C. The van der Waals surface area contributed by atoms with Gasteiger partial charge in [-0.25, -0.2) is 0 Å². The van der Waals surface area contributed by atoms with Crippen LogP contribution < -0.4 is 0 Å². The molecule has 0 radical (unpaired) electrons. The van der Waals surface area contributed by atoms with Crippen molar-refractivity contribution in [2.75, 3.05) is 13.2 Å². The van der Waals surface area contributed by atoms with Crippen LogP contribution in [0.1, 0.15) is 130 Å². The normalized spacial score (nSPS) is 12.2. The highest BCUT2D eigenvalue weighted by molar-refractivity contribution is 5.69. The third kappa shape index (κ3) is 18.9. The van der Waals surface area contributed by atoms with Crippen molar-refractivity contribution in [1.29, 1.82) is 0 Å². The maximum atomic E-state index is 12.0. The smallest absolute Gasteiger partial charge is 0.306 e. The van der Waals surface area contributed by atoms with E-state index in [9.17, 15) is 9.59 Å². The summed E-state index contributed by atoms with van der Waals surface area (Å²) in [6.45, 7) is 9.80. The van der Waals surface area contributed by atoms with Crippen LogP contribution in [0.5, 0.6) is 0 Å². The van der Waals surface area contributed by atoms with E-state index in [0.29, 0.717) is 37.9 Å². The van der Waals surface area contributed by atoms with E-state index in [-0.39, 0.29) is 11.9 Å². The van der Waals surface area contributed by atoms with Gasteiger partial charge < -0.3 is 9.47 Å². The number of hydrogen-bond donors (Lipinski definition) is 0. The molecule has 30 heavy (non-hydrogen) atoms. The molecule has 0 fully saturated rings. The number of hydrogen-bond acceptors (Lipinski definition) is 4. The molecule has 0 aliphatic rings. The maximum Gasteiger partial charge on any atom is 0.306 e. The first-order chi connectivity index (χ1) is 14.5. The van der Waals surface area contributed by atoms with Crippen molar-refractivity contribution in [3.63, 3.8) is 0 Å². The summed E-state index contributed by atoms with van der Waals surface area (Å²) in [5, 5.41) is 0. The van der Waals surface area contributed by atoms with E-state index in [1.54, 1.807) is 0 Å². The Bertz CT molecular complexity index is 406. The predicted octanol–water partition coefficient (Wildman–Crippen LogP) is 7.63. The van der Waals surface area contributed by atoms with Crippen LogP contribution in [0.3, 0.4) is 0 Å². The minimum atomic E-state index is -0.0302. The lowest BCUT2D eigenvalue weighted by Gasteiger charge is -2.20. The highest BCUT2D eigenvalue weighted by Crippen LogP contribution is 2.23. The standard InChI is InChI=1S/C26H50O4/c1-5-7-20-29-25(27)19-17-15-13-11-9-10-12-14-16-18-24(23(3)4)22-26(28)30-21-8-6-2/h23-24H,5-22H2,1-4H3. The second-order valence-electron chi connectivity index (χ2n) is 9.08. The van der Waals surface area contributed by atoms with Crippen molar-refractivity contribution < 1.29 is 19.1 Å². The van der Waals surface area contributed by atoms with Crippen LogP contribution in [0.15, 0.2) is 0 Å². The van der Waals surface area contributed by atoms with Crippen LogP contribution in [0.4, 0.5) is 0 Å². The molecule has 0 aromatic rings. The molecule has 1 unspecified atom stereocenters. The van der Waals surface area contributed by atoms with Gasteiger partial charge in [-0.3, -0.25) is 9.59 Å². The number of rotatable bonds is 21. The Morgan fingerprint density at radius 3 is 1.60 bits per heavy atom. The van der Waals surface area contributed by atoms with Gasteiger partial charge in [0, 0.05) is 12.8 Å². The fourth-order valence-corrected chi connectivity index (χ4v) is 3.59. The summed E-state index contributed by atoms with van der Waals surface area (Å²) in [7, 11) is 0. The number of unbranched alkanes of at least 4 members (excludes halogenated alkanes) is 10. The highest BCUT2D eigenvalue weighted by atomic mass is 16.5. The summed E-state index contributed by atoms with van der Waals surface area (Å²) >= 11 is 0. The van der Waals surface area contributed by atoms with Crippen LogP contribution in [0.2, 0.25) is 0 Å². The van der Waals surface area contributed by atoms with Gasteiger partial charge >= 0.3 is 11.9 Å². The molecule has 178 valence electrons. The monoisotopic (exact) mass is 426 g/mol. The fourth-order valence-electron chi connectivity index (χ4n) is 3.59. The van der Waals surface area contributed by atoms with Crippen molar-refractivity contribution in [2.24, 2.45) is 11.8 Å². The summed E-state index contributed by atoms with van der Waals surface area (Å²) in [5.41, 5.74) is 0. The molecule has 0 bridgehead atoms. The molecular formula is C26H50O4. The Labute approximate surface area is 186 Å². The number of carbonyl (C=O) groups excluding carboxylic acids is 2. The lowest BCUT2D eigenvalue weighted by molar-refractivity contribution is -0.145. The van der Waals surface area contributed by atoms with Gasteiger partial charge in [0.25, 0.3) is 0 Å². The molecule has 0 amide bonds. The van der Waals surface area contributed by atoms with Gasteiger partial charge in [-0.2, -0.15) is 0 Å². The molecule has 0 aliphatic carbocycles. The zero-order valence-corrected chi connectivity index (χ0v) is 20.5. The first-order valence-electron chi connectivity index (χ1n) is 12.8. The molecule has 0 saturated heterocycles. The molecule has 4 heteroatoms.